The highest BCUT2D eigenvalue weighted by molar-refractivity contribution is 7.89. The lowest BCUT2D eigenvalue weighted by Crippen LogP contribution is -2.43. The zero-order valence-corrected chi connectivity index (χ0v) is 19.9. The molecule has 2 aliphatic rings. The van der Waals surface area contributed by atoms with Crippen LogP contribution in [0.4, 0.5) is 5.69 Å². The molecular weight excluding hydrogens is 436 g/mol. The Morgan fingerprint density at radius 3 is 2.61 bits per heavy atom. The summed E-state index contributed by atoms with van der Waals surface area (Å²) in [5.74, 6) is 0.669. The van der Waals surface area contributed by atoms with Gasteiger partial charge in [0.25, 0.3) is 0 Å². The topological polar surface area (TPSA) is 92.3 Å². The molecule has 6 nitrogen and oxygen atoms in total. The predicted octanol–water partition coefficient (Wildman–Crippen LogP) is 4.25. The van der Waals surface area contributed by atoms with Crippen molar-refractivity contribution in [2.45, 2.75) is 69.2 Å². The van der Waals surface area contributed by atoms with Gasteiger partial charge in [0, 0.05) is 18.5 Å². The molecule has 0 spiro atoms. The molecule has 1 heterocycles. The van der Waals surface area contributed by atoms with E-state index in [2.05, 4.69) is 17.0 Å². The molecule has 0 bridgehead atoms. The minimum absolute atomic E-state index is 0.0496. The van der Waals surface area contributed by atoms with Gasteiger partial charge in [0.1, 0.15) is 0 Å². The Bertz CT molecular complexity index is 1110. The number of benzene rings is 2. The summed E-state index contributed by atoms with van der Waals surface area (Å²) in [6, 6.07) is 13.4. The number of ketones is 1. The Labute approximate surface area is 196 Å². The lowest BCUT2D eigenvalue weighted by molar-refractivity contribution is -0.122. The molecule has 0 radical (unpaired) electrons. The van der Waals surface area contributed by atoms with Crippen LogP contribution in [0.25, 0.3) is 0 Å². The Kier molecular flexibility index (Phi) is 7.29. The number of hydrogen-bond donors (Lipinski definition) is 2. The number of carbonyl (C=O) groups is 2. The number of sulfonamides is 1. The number of Topliss-reactive ketones (excluding diaryl/α,β-unsaturated/α-hetero) is 1. The maximum atomic E-state index is 13.4. The number of rotatable bonds is 8. The molecule has 7 heteroatoms. The zero-order valence-electron chi connectivity index (χ0n) is 19.0. The van der Waals surface area contributed by atoms with E-state index >= 15 is 0 Å². The van der Waals surface area contributed by atoms with Crippen molar-refractivity contribution in [1.29, 1.82) is 0 Å². The molecule has 3 unspecified atom stereocenters. The van der Waals surface area contributed by atoms with Crippen LogP contribution in [0.3, 0.4) is 0 Å². The van der Waals surface area contributed by atoms with E-state index in [1.807, 2.05) is 30.3 Å². The molecule has 1 saturated carbocycles. The normalized spacial score (nSPS) is 21.7. The summed E-state index contributed by atoms with van der Waals surface area (Å²) in [7, 11) is -3.91. The number of nitrogens with one attached hydrogen (secondary N) is 2. The second kappa shape index (κ2) is 10.2. The lowest BCUT2D eigenvalue weighted by atomic mass is 9.77. The van der Waals surface area contributed by atoms with E-state index in [1.165, 1.54) is 12.5 Å². The Balaban J connectivity index is 1.55. The lowest BCUT2D eigenvalue weighted by Gasteiger charge is -2.29. The predicted molar refractivity (Wildman–Crippen MR) is 128 cm³/mol. The third-order valence-corrected chi connectivity index (χ3v) is 8.47. The van der Waals surface area contributed by atoms with Crippen LogP contribution in [0.5, 0.6) is 0 Å². The van der Waals surface area contributed by atoms with Crippen molar-refractivity contribution in [1.82, 2.24) is 4.72 Å². The van der Waals surface area contributed by atoms with Gasteiger partial charge in [0.2, 0.25) is 15.9 Å². The molecule has 0 aromatic heterocycles. The summed E-state index contributed by atoms with van der Waals surface area (Å²) >= 11 is 0. The quantitative estimate of drug-likeness (QED) is 0.606. The molecule has 4 rings (SSSR count). The summed E-state index contributed by atoms with van der Waals surface area (Å²) in [5.41, 5.74) is 2.36. The van der Waals surface area contributed by atoms with E-state index in [-0.39, 0.29) is 16.6 Å². The van der Waals surface area contributed by atoms with E-state index in [0.29, 0.717) is 43.2 Å². The SMILES string of the molecule is CC1CCCCC1CC(=O)C(Cc1ccccc1)NS(=O)(=O)c1ccc2c(c1)CCC(=O)N2. The van der Waals surface area contributed by atoms with Crippen molar-refractivity contribution in [2.24, 2.45) is 11.8 Å². The molecule has 3 atom stereocenters. The minimum Gasteiger partial charge on any atom is -0.326 e. The molecule has 1 fully saturated rings. The van der Waals surface area contributed by atoms with Crippen LogP contribution in [0.2, 0.25) is 0 Å². The van der Waals surface area contributed by atoms with Gasteiger partial charge in [-0.05, 0) is 60.4 Å². The highest BCUT2D eigenvalue weighted by Crippen LogP contribution is 2.32. The third-order valence-electron chi connectivity index (χ3n) is 7.00. The van der Waals surface area contributed by atoms with Crippen LogP contribution in [0.1, 0.15) is 56.6 Å². The van der Waals surface area contributed by atoms with Crippen LogP contribution in [-0.4, -0.2) is 26.2 Å². The smallest absolute Gasteiger partial charge is 0.241 e. The molecule has 2 aromatic carbocycles. The fourth-order valence-electron chi connectivity index (χ4n) is 4.95. The molecule has 1 aliphatic heterocycles. The van der Waals surface area contributed by atoms with Gasteiger partial charge in [-0.3, -0.25) is 9.59 Å². The fourth-order valence-corrected chi connectivity index (χ4v) is 6.22. The first-order valence-electron chi connectivity index (χ1n) is 11.8. The van der Waals surface area contributed by atoms with Gasteiger partial charge in [0.15, 0.2) is 5.78 Å². The molecule has 2 N–H and O–H groups in total. The van der Waals surface area contributed by atoms with Crippen molar-refractivity contribution in [3.05, 3.63) is 59.7 Å². The highest BCUT2D eigenvalue weighted by atomic mass is 32.2. The first-order valence-corrected chi connectivity index (χ1v) is 13.3. The van der Waals surface area contributed by atoms with Crippen molar-refractivity contribution in [3.63, 3.8) is 0 Å². The number of aryl methyl sites for hydroxylation is 1. The Morgan fingerprint density at radius 1 is 1.09 bits per heavy atom. The summed E-state index contributed by atoms with van der Waals surface area (Å²) in [6.45, 7) is 2.19. The molecular formula is C26H32N2O4S. The molecule has 1 aliphatic carbocycles. The van der Waals surface area contributed by atoms with Crippen LogP contribution in [-0.2, 0) is 32.5 Å². The molecule has 176 valence electrons. The number of fused-ring (bicyclic) bond motifs is 1. The van der Waals surface area contributed by atoms with Crippen LogP contribution >= 0.6 is 0 Å². The standard InChI is InChI=1S/C26H32N2O4S/c1-18-7-5-6-10-20(18)17-25(29)24(15-19-8-3-2-4-9-19)28-33(31,32)22-12-13-23-21(16-22)11-14-26(30)27-23/h2-4,8-9,12-13,16,18,20,24,28H,5-7,10-11,14-15,17H2,1H3,(H,27,30). The van der Waals surface area contributed by atoms with Crippen LogP contribution in [0, 0.1) is 11.8 Å². The second-order valence-corrected chi connectivity index (χ2v) is 11.1. The van der Waals surface area contributed by atoms with Gasteiger partial charge < -0.3 is 5.32 Å². The summed E-state index contributed by atoms with van der Waals surface area (Å²) in [6.07, 6.45) is 6.02. The molecule has 2 aromatic rings. The van der Waals surface area contributed by atoms with E-state index in [1.54, 1.807) is 12.1 Å². The third kappa shape index (κ3) is 5.89. The average molecular weight is 469 g/mol. The summed E-state index contributed by atoms with van der Waals surface area (Å²) in [4.78, 5) is 25.1. The summed E-state index contributed by atoms with van der Waals surface area (Å²) < 4.78 is 29.3. The highest BCUT2D eigenvalue weighted by Gasteiger charge is 2.31. The van der Waals surface area contributed by atoms with Gasteiger partial charge >= 0.3 is 0 Å². The van der Waals surface area contributed by atoms with Gasteiger partial charge in [0.05, 0.1) is 10.9 Å². The minimum atomic E-state index is -3.91. The van der Waals surface area contributed by atoms with Crippen molar-refractivity contribution >= 4 is 27.4 Å². The molecule has 1 amide bonds. The number of carbonyl (C=O) groups excluding carboxylic acids is 2. The second-order valence-electron chi connectivity index (χ2n) is 9.42. The van der Waals surface area contributed by atoms with Gasteiger partial charge in [-0.15, -0.1) is 0 Å². The van der Waals surface area contributed by atoms with Gasteiger partial charge in [-0.1, -0.05) is 56.5 Å². The van der Waals surface area contributed by atoms with E-state index < -0.39 is 16.1 Å². The summed E-state index contributed by atoms with van der Waals surface area (Å²) in [5, 5.41) is 2.77. The molecule has 0 saturated heterocycles. The molecule has 33 heavy (non-hydrogen) atoms. The van der Waals surface area contributed by atoms with E-state index in [9.17, 15) is 18.0 Å². The maximum absolute atomic E-state index is 13.4. The van der Waals surface area contributed by atoms with Crippen molar-refractivity contribution < 1.29 is 18.0 Å². The number of hydrogen-bond acceptors (Lipinski definition) is 4. The number of anilines is 1. The Hall–Kier alpha value is -2.51. The fraction of sp³-hybridized carbons (Fsp3) is 0.462. The first kappa shape index (κ1) is 23.6. The van der Waals surface area contributed by atoms with Crippen molar-refractivity contribution in [3.8, 4) is 0 Å². The van der Waals surface area contributed by atoms with Crippen molar-refractivity contribution in [2.75, 3.05) is 5.32 Å². The van der Waals surface area contributed by atoms with Gasteiger partial charge in [-0.2, -0.15) is 0 Å². The van der Waals surface area contributed by atoms with Gasteiger partial charge in [-0.25, -0.2) is 13.1 Å². The maximum Gasteiger partial charge on any atom is 0.241 e. The zero-order chi connectivity index (χ0) is 23.4. The monoisotopic (exact) mass is 468 g/mol. The van der Waals surface area contributed by atoms with E-state index in [0.717, 1.165) is 30.4 Å². The van der Waals surface area contributed by atoms with E-state index in [4.69, 9.17) is 0 Å². The first-order chi connectivity index (χ1) is 15.8. The number of amides is 1. The van der Waals surface area contributed by atoms with Crippen LogP contribution in [0.15, 0.2) is 53.4 Å². The largest absolute Gasteiger partial charge is 0.326 e. The Morgan fingerprint density at radius 2 is 1.85 bits per heavy atom. The average Bonchev–Trinajstić information content (AvgIpc) is 2.80. The van der Waals surface area contributed by atoms with Crippen LogP contribution < -0.4 is 10.0 Å².